The van der Waals surface area contributed by atoms with Gasteiger partial charge in [-0.3, -0.25) is 0 Å². The quantitative estimate of drug-likeness (QED) is 0.684. The molecule has 4 heteroatoms. The number of benzene rings is 1. The van der Waals surface area contributed by atoms with Crippen LogP contribution in [0.2, 0.25) is 5.02 Å². The molecule has 1 aromatic heterocycles. The van der Waals surface area contributed by atoms with Gasteiger partial charge in [0.05, 0.1) is 12.1 Å². The topological polar surface area (TPSA) is 13.1 Å². The lowest BCUT2D eigenvalue weighted by atomic mass is 10.3. The van der Waals surface area contributed by atoms with E-state index in [-0.39, 0.29) is 0 Å². The molecular formula is C10H11ClNOS+. The number of hydrogen-bond donors (Lipinski definition) is 0. The van der Waals surface area contributed by atoms with Crippen molar-refractivity contribution >= 4 is 33.2 Å². The molecule has 2 rings (SSSR count). The number of fused-ring (bicyclic) bond motifs is 1. The van der Waals surface area contributed by atoms with Crippen molar-refractivity contribution in [1.29, 1.82) is 0 Å². The molecule has 2 aromatic rings. The van der Waals surface area contributed by atoms with E-state index in [1.165, 1.54) is 9.71 Å². The lowest BCUT2D eigenvalue weighted by Crippen LogP contribution is -2.28. The van der Waals surface area contributed by atoms with Gasteiger partial charge < -0.3 is 4.74 Å². The Balaban J connectivity index is 2.79. The summed E-state index contributed by atoms with van der Waals surface area (Å²) in [4.78, 5) is 0. The Labute approximate surface area is 91.7 Å². The van der Waals surface area contributed by atoms with Gasteiger partial charge in [-0.15, -0.1) is 0 Å². The summed E-state index contributed by atoms with van der Waals surface area (Å²) in [5, 5.41) is 1.91. The van der Waals surface area contributed by atoms with Crippen molar-refractivity contribution in [3.8, 4) is 5.75 Å². The van der Waals surface area contributed by atoms with Crippen LogP contribution in [0.4, 0.5) is 0 Å². The van der Waals surface area contributed by atoms with Gasteiger partial charge in [-0.25, -0.2) is 0 Å². The van der Waals surface area contributed by atoms with Crippen LogP contribution in [0.1, 0.15) is 5.01 Å². The molecule has 0 unspecified atom stereocenters. The second kappa shape index (κ2) is 3.41. The Morgan fingerprint density at radius 2 is 2.14 bits per heavy atom. The largest absolute Gasteiger partial charge is 0.495 e. The van der Waals surface area contributed by atoms with Crippen LogP contribution in [0.5, 0.6) is 5.75 Å². The molecule has 0 N–H and O–H groups in total. The summed E-state index contributed by atoms with van der Waals surface area (Å²) >= 11 is 7.79. The zero-order valence-corrected chi connectivity index (χ0v) is 9.87. The predicted octanol–water partition coefficient (Wildman–Crippen LogP) is 2.70. The van der Waals surface area contributed by atoms with Gasteiger partial charge in [0.1, 0.15) is 17.5 Å². The zero-order valence-electron chi connectivity index (χ0n) is 8.30. The van der Waals surface area contributed by atoms with Crippen molar-refractivity contribution in [1.82, 2.24) is 0 Å². The molecule has 0 spiro atoms. The van der Waals surface area contributed by atoms with E-state index in [4.69, 9.17) is 16.3 Å². The van der Waals surface area contributed by atoms with Gasteiger partial charge in [0, 0.05) is 19.1 Å². The van der Waals surface area contributed by atoms with Crippen molar-refractivity contribution in [2.24, 2.45) is 7.05 Å². The predicted molar refractivity (Wildman–Crippen MR) is 59.3 cm³/mol. The van der Waals surface area contributed by atoms with Gasteiger partial charge in [-0.1, -0.05) is 22.9 Å². The molecule has 1 aromatic carbocycles. The standard InChI is InChI=1S/C10H11ClNOS/c1-6-12(2)8-4-7(11)9(13-3)5-10(8)14-6/h4-5H,1-3H3/q+1. The van der Waals surface area contributed by atoms with Crippen LogP contribution in [0.15, 0.2) is 12.1 Å². The van der Waals surface area contributed by atoms with Crippen LogP contribution >= 0.6 is 22.9 Å². The van der Waals surface area contributed by atoms with Gasteiger partial charge in [0.2, 0.25) is 10.5 Å². The van der Waals surface area contributed by atoms with Crippen molar-refractivity contribution < 1.29 is 9.30 Å². The maximum Gasteiger partial charge on any atom is 0.234 e. The van der Waals surface area contributed by atoms with E-state index in [1.54, 1.807) is 18.4 Å². The van der Waals surface area contributed by atoms with Crippen LogP contribution in [-0.4, -0.2) is 7.11 Å². The van der Waals surface area contributed by atoms with E-state index in [0.717, 1.165) is 11.3 Å². The zero-order chi connectivity index (χ0) is 10.3. The molecule has 0 amide bonds. The smallest absolute Gasteiger partial charge is 0.234 e. The number of thiazole rings is 1. The number of hydrogen-bond acceptors (Lipinski definition) is 2. The highest BCUT2D eigenvalue weighted by Gasteiger charge is 2.15. The van der Waals surface area contributed by atoms with Gasteiger partial charge in [-0.05, 0) is 0 Å². The lowest BCUT2D eigenvalue weighted by molar-refractivity contribution is -0.646. The lowest BCUT2D eigenvalue weighted by Gasteiger charge is -2.00. The highest BCUT2D eigenvalue weighted by Crippen LogP contribution is 2.31. The van der Waals surface area contributed by atoms with Gasteiger partial charge in [0.15, 0.2) is 0 Å². The van der Waals surface area contributed by atoms with Gasteiger partial charge in [0.25, 0.3) is 0 Å². The second-order valence-corrected chi connectivity index (χ2v) is 4.78. The number of methoxy groups -OCH3 is 1. The molecule has 1 heterocycles. The number of aryl methyl sites for hydroxylation is 2. The molecule has 0 saturated carbocycles. The summed E-state index contributed by atoms with van der Waals surface area (Å²) in [6.07, 6.45) is 0. The first-order valence-electron chi connectivity index (χ1n) is 4.26. The molecule has 0 bridgehead atoms. The first-order chi connectivity index (χ1) is 6.63. The average molecular weight is 229 g/mol. The number of aromatic nitrogens is 1. The fourth-order valence-electron chi connectivity index (χ4n) is 1.42. The second-order valence-electron chi connectivity index (χ2n) is 3.13. The minimum Gasteiger partial charge on any atom is -0.495 e. The normalized spacial score (nSPS) is 10.9. The van der Waals surface area contributed by atoms with Crippen molar-refractivity contribution in [3.63, 3.8) is 0 Å². The maximum atomic E-state index is 6.05. The Morgan fingerprint density at radius 3 is 2.79 bits per heavy atom. The van der Waals surface area contributed by atoms with E-state index in [1.807, 2.05) is 19.2 Å². The van der Waals surface area contributed by atoms with E-state index in [9.17, 15) is 0 Å². The Bertz CT molecular complexity index is 492. The molecule has 0 fully saturated rings. The summed E-state index contributed by atoms with van der Waals surface area (Å²) in [5.41, 5.74) is 1.15. The Kier molecular flexibility index (Phi) is 2.37. The monoisotopic (exact) mass is 228 g/mol. The summed E-state index contributed by atoms with van der Waals surface area (Å²) in [6.45, 7) is 2.09. The molecule has 0 atom stereocenters. The minimum atomic E-state index is 0.661. The molecule has 14 heavy (non-hydrogen) atoms. The molecule has 0 radical (unpaired) electrons. The van der Waals surface area contributed by atoms with E-state index < -0.39 is 0 Å². The van der Waals surface area contributed by atoms with E-state index >= 15 is 0 Å². The molecule has 0 aliphatic heterocycles. The molecule has 0 aliphatic carbocycles. The van der Waals surface area contributed by atoms with E-state index in [0.29, 0.717) is 5.02 Å². The molecule has 0 saturated heterocycles. The molecule has 74 valence electrons. The third-order valence-corrected chi connectivity index (χ3v) is 3.74. The summed E-state index contributed by atoms with van der Waals surface area (Å²) in [7, 11) is 3.67. The van der Waals surface area contributed by atoms with Gasteiger partial charge in [-0.2, -0.15) is 4.57 Å². The molecule has 0 aliphatic rings. The van der Waals surface area contributed by atoms with Crippen molar-refractivity contribution in [2.75, 3.05) is 7.11 Å². The fourth-order valence-corrected chi connectivity index (χ4v) is 2.68. The third-order valence-electron chi connectivity index (χ3n) is 2.32. The first kappa shape index (κ1) is 9.74. The summed E-state index contributed by atoms with van der Waals surface area (Å²) < 4.78 is 8.50. The summed E-state index contributed by atoms with van der Waals surface area (Å²) in [6, 6.07) is 3.93. The average Bonchev–Trinajstić information content (AvgIpc) is 2.43. The van der Waals surface area contributed by atoms with Crippen LogP contribution in [0.25, 0.3) is 10.2 Å². The Hall–Kier alpha value is -0.800. The fraction of sp³-hybridized carbons (Fsp3) is 0.300. The highest BCUT2D eigenvalue weighted by molar-refractivity contribution is 7.18. The number of rotatable bonds is 1. The third kappa shape index (κ3) is 1.37. The van der Waals surface area contributed by atoms with E-state index in [2.05, 4.69) is 11.5 Å². The molecular weight excluding hydrogens is 218 g/mol. The van der Waals surface area contributed by atoms with Crippen molar-refractivity contribution in [2.45, 2.75) is 6.92 Å². The van der Waals surface area contributed by atoms with Crippen molar-refractivity contribution in [3.05, 3.63) is 22.2 Å². The van der Waals surface area contributed by atoms with Gasteiger partial charge >= 0.3 is 0 Å². The Morgan fingerprint density at radius 1 is 1.43 bits per heavy atom. The number of halogens is 1. The van der Waals surface area contributed by atoms with Crippen LogP contribution in [0, 0.1) is 6.92 Å². The minimum absolute atomic E-state index is 0.661. The number of ether oxygens (including phenoxy) is 1. The van der Waals surface area contributed by atoms with Crippen LogP contribution in [0.3, 0.4) is 0 Å². The summed E-state index contributed by atoms with van der Waals surface area (Å²) in [5.74, 6) is 0.737. The first-order valence-corrected chi connectivity index (χ1v) is 5.45. The highest BCUT2D eigenvalue weighted by atomic mass is 35.5. The molecule has 2 nitrogen and oxygen atoms in total. The van der Waals surface area contributed by atoms with Crippen LogP contribution < -0.4 is 9.30 Å². The SMILES string of the molecule is COc1cc2sc(C)[n+](C)c2cc1Cl. The maximum absolute atomic E-state index is 6.05. The number of nitrogens with zero attached hydrogens (tertiary/aromatic N) is 1. The van der Waals surface area contributed by atoms with Crippen LogP contribution in [-0.2, 0) is 7.05 Å².